The summed E-state index contributed by atoms with van der Waals surface area (Å²) in [5.41, 5.74) is 2.95. The molecule has 7 heteroatoms. The lowest BCUT2D eigenvalue weighted by atomic mass is 10.0. The van der Waals surface area contributed by atoms with E-state index < -0.39 is 0 Å². The number of ether oxygens (including phenoxy) is 2. The van der Waals surface area contributed by atoms with Gasteiger partial charge in [-0.1, -0.05) is 0 Å². The zero-order valence-electron chi connectivity index (χ0n) is 15.7. The van der Waals surface area contributed by atoms with Gasteiger partial charge in [0.1, 0.15) is 23.1 Å². The lowest BCUT2D eigenvalue weighted by Gasteiger charge is -2.19. The van der Waals surface area contributed by atoms with Gasteiger partial charge in [0.25, 0.3) is 0 Å². The molecule has 0 saturated carbocycles. The molecule has 7 nitrogen and oxygen atoms in total. The maximum atomic E-state index is 12.6. The molecule has 0 radical (unpaired) electrons. The summed E-state index contributed by atoms with van der Waals surface area (Å²) in [6.45, 7) is 0.619. The van der Waals surface area contributed by atoms with Gasteiger partial charge in [0, 0.05) is 30.3 Å². The minimum atomic E-state index is -0.218. The predicted molar refractivity (Wildman–Crippen MR) is 107 cm³/mol. The number of methoxy groups -OCH3 is 2. The Kier molecular flexibility index (Phi) is 4.65. The monoisotopic (exact) mass is 379 g/mol. The molecule has 0 atom stereocenters. The van der Waals surface area contributed by atoms with Crippen LogP contribution in [0.4, 0.5) is 5.69 Å². The number of allylic oxidation sites excluding steroid dienone is 1. The largest absolute Gasteiger partial charge is 0.512 e. The van der Waals surface area contributed by atoms with Crippen LogP contribution in [0.2, 0.25) is 0 Å². The van der Waals surface area contributed by atoms with Crippen molar-refractivity contribution in [2.75, 3.05) is 19.5 Å². The van der Waals surface area contributed by atoms with E-state index in [2.05, 4.69) is 10.3 Å². The number of aromatic nitrogens is 2. The number of carbonyl (C=O) groups is 1. The van der Waals surface area contributed by atoms with Crippen molar-refractivity contribution in [3.63, 3.8) is 0 Å². The van der Waals surface area contributed by atoms with Crippen LogP contribution in [0.5, 0.6) is 11.5 Å². The van der Waals surface area contributed by atoms with Crippen molar-refractivity contribution in [1.29, 1.82) is 0 Å². The number of anilines is 1. The normalized spacial score (nSPS) is 13.4. The SMILES string of the molecule is COc1ccc(NC(=O)CC2=C(O)CCn3c2nc2cc(OC)ccc23)cc1. The van der Waals surface area contributed by atoms with Crippen molar-refractivity contribution in [3.05, 3.63) is 54.0 Å². The fourth-order valence-electron chi connectivity index (χ4n) is 3.41. The highest BCUT2D eigenvalue weighted by Gasteiger charge is 2.25. The average molecular weight is 379 g/mol. The van der Waals surface area contributed by atoms with E-state index in [0.717, 1.165) is 22.5 Å². The molecule has 1 amide bonds. The van der Waals surface area contributed by atoms with Gasteiger partial charge in [-0.2, -0.15) is 0 Å². The molecule has 0 fully saturated rings. The highest BCUT2D eigenvalue weighted by molar-refractivity contribution is 5.98. The molecule has 0 spiro atoms. The zero-order chi connectivity index (χ0) is 19.7. The van der Waals surface area contributed by atoms with Crippen LogP contribution >= 0.6 is 0 Å². The van der Waals surface area contributed by atoms with Gasteiger partial charge in [0.15, 0.2) is 0 Å². The second-order valence-electron chi connectivity index (χ2n) is 6.57. The average Bonchev–Trinajstić information content (AvgIpc) is 3.08. The van der Waals surface area contributed by atoms with Crippen molar-refractivity contribution in [1.82, 2.24) is 9.55 Å². The molecule has 2 aromatic carbocycles. The number of benzene rings is 2. The van der Waals surface area contributed by atoms with Crippen LogP contribution in [0.25, 0.3) is 16.6 Å². The molecule has 3 aromatic rings. The van der Waals surface area contributed by atoms with E-state index in [-0.39, 0.29) is 18.1 Å². The lowest BCUT2D eigenvalue weighted by molar-refractivity contribution is -0.115. The van der Waals surface area contributed by atoms with E-state index in [1.54, 1.807) is 38.5 Å². The van der Waals surface area contributed by atoms with E-state index in [1.165, 1.54) is 0 Å². The maximum absolute atomic E-state index is 12.6. The van der Waals surface area contributed by atoms with Gasteiger partial charge in [-0.15, -0.1) is 0 Å². The van der Waals surface area contributed by atoms with Crippen LogP contribution in [0.1, 0.15) is 18.7 Å². The second-order valence-corrected chi connectivity index (χ2v) is 6.57. The van der Waals surface area contributed by atoms with E-state index in [4.69, 9.17) is 9.47 Å². The van der Waals surface area contributed by atoms with Crippen molar-refractivity contribution < 1.29 is 19.4 Å². The first kappa shape index (κ1) is 17.9. The fraction of sp³-hybridized carbons (Fsp3) is 0.238. The Morgan fingerprint density at radius 2 is 1.86 bits per heavy atom. The summed E-state index contributed by atoms with van der Waals surface area (Å²) in [4.78, 5) is 17.2. The third-order valence-electron chi connectivity index (χ3n) is 4.86. The summed E-state index contributed by atoms with van der Waals surface area (Å²) in [5.74, 6) is 2.05. The molecule has 1 aliphatic rings. The molecular weight excluding hydrogens is 358 g/mol. The number of hydrogen-bond donors (Lipinski definition) is 2. The number of rotatable bonds is 5. The summed E-state index contributed by atoms with van der Waals surface area (Å²) in [6, 6.07) is 12.8. The number of amides is 1. The summed E-state index contributed by atoms with van der Waals surface area (Å²) in [5, 5.41) is 13.3. The van der Waals surface area contributed by atoms with Crippen LogP contribution in [0, 0.1) is 0 Å². The van der Waals surface area contributed by atoms with Crippen molar-refractivity contribution in [2.45, 2.75) is 19.4 Å². The van der Waals surface area contributed by atoms with E-state index in [9.17, 15) is 9.90 Å². The minimum Gasteiger partial charge on any atom is -0.512 e. The van der Waals surface area contributed by atoms with Gasteiger partial charge in [0.05, 0.1) is 31.7 Å². The zero-order valence-corrected chi connectivity index (χ0v) is 15.7. The number of fused-ring (bicyclic) bond motifs is 3. The summed E-state index contributed by atoms with van der Waals surface area (Å²) in [7, 11) is 3.20. The Bertz CT molecular complexity index is 1070. The van der Waals surface area contributed by atoms with Gasteiger partial charge in [0.2, 0.25) is 5.91 Å². The maximum Gasteiger partial charge on any atom is 0.229 e. The topological polar surface area (TPSA) is 85.6 Å². The van der Waals surface area contributed by atoms with Crippen molar-refractivity contribution in [2.24, 2.45) is 0 Å². The first-order valence-electron chi connectivity index (χ1n) is 8.98. The molecule has 1 aliphatic heterocycles. The second kappa shape index (κ2) is 7.26. The quantitative estimate of drug-likeness (QED) is 0.705. The van der Waals surface area contributed by atoms with Gasteiger partial charge >= 0.3 is 0 Å². The fourth-order valence-corrected chi connectivity index (χ4v) is 3.41. The minimum absolute atomic E-state index is 0.0400. The first-order chi connectivity index (χ1) is 13.6. The molecule has 1 aromatic heterocycles. The first-order valence-corrected chi connectivity index (χ1v) is 8.98. The number of aliphatic hydroxyl groups is 1. The van der Waals surface area contributed by atoms with Gasteiger partial charge in [-0.05, 0) is 36.4 Å². The number of hydrogen-bond acceptors (Lipinski definition) is 5. The van der Waals surface area contributed by atoms with Gasteiger partial charge in [-0.3, -0.25) is 4.79 Å². The highest BCUT2D eigenvalue weighted by atomic mass is 16.5. The Labute approximate surface area is 162 Å². The summed E-state index contributed by atoms with van der Waals surface area (Å²) < 4.78 is 12.4. The number of nitrogens with one attached hydrogen (secondary N) is 1. The highest BCUT2D eigenvalue weighted by Crippen LogP contribution is 2.33. The standard InChI is InChI=1S/C21H21N3O4/c1-27-14-5-3-13(4-6-14)22-20(26)12-16-19(25)9-10-24-18-8-7-15(28-2)11-17(18)23-21(16)24/h3-8,11,25H,9-10,12H2,1-2H3,(H,22,26). The van der Waals surface area contributed by atoms with Crippen LogP contribution in [-0.2, 0) is 11.3 Å². The van der Waals surface area contributed by atoms with E-state index in [0.29, 0.717) is 30.1 Å². The van der Waals surface area contributed by atoms with E-state index >= 15 is 0 Å². The molecule has 4 rings (SSSR count). The molecule has 28 heavy (non-hydrogen) atoms. The molecule has 2 heterocycles. The van der Waals surface area contributed by atoms with Crippen LogP contribution in [0.3, 0.4) is 0 Å². The Balaban J connectivity index is 1.59. The molecule has 0 unspecified atom stereocenters. The number of nitrogens with zero attached hydrogens (tertiary/aromatic N) is 2. The van der Waals surface area contributed by atoms with E-state index in [1.807, 2.05) is 22.8 Å². The molecule has 0 bridgehead atoms. The Hall–Kier alpha value is -3.48. The van der Waals surface area contributed by atoms with Crippen molar-refractivity contribution >= 4 is 28.2 Å². The third-order valence-corrected chi connectivity index (χ3v) is 4.86. The molecule has 144 valence electrons. The Morgan fingerprint density at radius 3 is 2.57 bits per heavy atom. The summed E-state index contributed by atoms with van der Waals surface area (Å²) >= 11 is 0. The summed E-state index contributed by atoms with van der Waals surface area (Å²) in [6.07, 6.45) is 0.508. The van der Waals surface area contributed by atoms with Gasteiger partial charge in [-0.25, -0.2) is 4.98 Å². The smallest absolute Gasteiger partial charge is 0.229 e. The number of aliphatic hydroxyl groups excluding tert-OH is 1. The number of aryl methyl sites for hydroxylation is 1. The van der Waals surface area contributed by atoms with Crippen LogP contribution in [0.15, 0.2) is 48.2 Å². The molecule has 0 saturated heterocycles. The van der Waals surface area contributed by atoms with Crippen LogP contribution in [-0.4, -0.2) is 34.8 Å². The third kappa shape index (κ3) is 3.26. The lowest BCUT2D eigenvalue weighted by Crippen LogP contribution is -2.18. The predicted octanol–water partition coefficient (Wildman–Crippen LogP) is 3.76. The van der Waals surface area contributed by atoms with Crippen LogP contribution < -0.4 is 14.8 Å². The Morgan fingerprint density at radius 1 is 1.14 bits per heavy atom. The van der Waals surface area contributed by atoms with Gasteiger partial charge < -0.3 is 24.5 Å². The molecule has 2 N–H and O–H groups in total. The molecule has 0 aliphatic carbocycles. The van der Waals surface area contributed by atoms with Crippen molar-refractivity contribution in [3.8, 4) is 11.5 Å². The molecular formula is C21H21N3O4. The number of imidazole rings is 1. The number of carbonyl (C=O) groups excluding carboxylic acids is 1.